The van der Waals surface area contributed by atoms with Gasteiger partial charge < -0.3 is 15.2 Å². The molecule has 2 N–H and O–H groups in total. The second-order valence-electron chi connectivity index (χ2n) is 6.88. The van der Waals surface area contributed by atoms with Crippen LogP contribution in [0, 0.1) is 5.82 Å². The minimum atomic E-state index is -0.486. The first-order valence-corrected chi connectivity index (χ1v) is 7.73. The van der Waals surface area contributed by atoms with Crippen LogP contribution in [-0.4, -0.2) is 22.9 Å². The van der Waals surface area contributed by atoms with Crippen molar-refractivity contribution in [2.24, 2.45) is 0 Å². The maximum Gasteiger partial charge on any atom is 0.165 e. The van der Waals surface area contributed by atoms with Crippen LogP contribution in [0.3, 0.4) is 0 Å². The fraction of sp³-hybridized carbons (Fsp3) is 0.647. The Morgan fingerprint density at radius 1 is 1.29 bits per heavy atom. The molecular formula is C17H26FNO2. The number of hydrogen-bond donors (Lipinski definition) is 2. The van der Waals surface area contributed by atoms with E-state index in [2.05, 4.69) is 26.1 Å². The van der Waals surface area contributed by atoms with E-state index in [1.165, 1.54) is 6.07 Å². The van der Waals surface area contributed by atoms with Crippen molar-refractivity contribution in [2.45, 2.75) is 70.7 Å². The summed E-state index contributed by atoms with van der Waals surface area (Å²) >= 11 is 0. The van der Waals surface area contributed by atoms with E-state index >= 15 is 0 Å². The maximum atomic E-state index is 14.1. The zero-order chi connectivity index (χ0) is 15.5. The normalized spacial score (nSPS) is 23.1. The molecule has 0 amide bonds. The van der Waals surface area contributed by atoms with Gasteiger partial charge in [0.05, 0.1) is 6.10 Å². The second kappa shape index (κ2) is 6.75. The number of aliphatic hydroxyl groups excluding tert-OH is 1. The average Bonchev–Trinajstić information content (AvgIpc) is 2.41. The van der Waals surface area contributed by atoms with E-state index in [-0.39, 0.29) is 23.2 Å². The summed E-state index contributed by atoms with van der Waals surface area (Å²) in [7, 11) is 0. The first kappa shape index (κ1) is 16.2. The van der Waals surface area contributed by atoms with Crippen LogP contribution in [0.4, 0.5) is 4.39 Å². The summed E-state index contributed by atoms with van der Waals surface area (Å²) in [5, 5.41) is 13.2. The molecule has 1 aliphatic rings. The van der Waals surface area contributed by atoms with E-state index in [1.807, 2.05) is 6.07 Å². The Kier molecular flexibility index (Phi) is 5.22. The van der Waals surface area contributed by atoms with Crippen LogP contribution < -0.4 is 10.1 Å². The molecule has 1 saturated carbocycles. The maximum absolute atomic E-state index is 14.1. The van der Waals surface area contributed by atoms with Crippen LogP contribution in [0.2, 0.25) is 0 Å². The molecule has 1 fully saturated rings. The lowest BCUT2D eigenvalue weighted by molar-refractivity contribution is 0.00498. The van der Waals surface area contributed by atoms with Crippen molar-refractivity contribution in [1.29, 1.82) is 0 Å². The highest BCUT2D eigenvalue weighted by atomic mass is 19.1. The highest BCUT2D eigenvalue weighted by Gasteiger charge is 2.25. The van der Waals surface area contributed by atoms with Crippen molar-refractivity contribution in [3.63, 3.8) is 0 Å². The molecule has 3 nitrogen and oxygen atoms in total. The Bertz CT molecular complexity index is 470. The molecule has 0 heterocycles. The Morgan fingerprint density at radius 3 is 2.62 bits per heavy atom. The standard InChI is InChI=1S/C17H26FNO2/c1-17(2,3)19-11-12-8-9-15(13(18)10-12)21-16-7-5-4-6-14(16)20/h8-10,14,16,19-20H,4-7,11H2,1-3H3. The molecule has 0 radical (unpaired) electrons. The molecule has 0 spiro atoms. The Hall–Kier alpha value is -1.13. The summed E-state index contributed by atoms with van der Waals surface area (Å²) in [6.45, 7) is 6.84. The number of ether oxygens (including phenoxy) is 1. The molecule has 4 heteroatoms. The second-order valence-corrected chi connectivity index (χ2v) is 6.88. The number of halogens is 1. The van der Waals surface area contributed by atoms with Crippen molar-refractivity contribution in [3.8, 4) is 5.75 Å². The van der Waals surface area contributed by atoms with Gasteiger partial charge in [0.15, 0.2) is 11.6 Å². The average molecular weight is 295 g/mol. The molecule has 2 rings (SSSR count). The predicted octanol–water partition coefficient (Wildman–Crippen LogP) is 3.40. The summed E-state index contributed by atoms with van der Waals surface area (Å²) in [5.74, 6) is -0.124. The quantitative estimate of drug-likeness (QED) is 0.894. The third-order valence-corrected chi connectivity index (χ3v) is 3.77. The molecule has 1 aromatic carbocycles. The van der Waals surface area contributed by atoms with Gasteiger partial charge in [0.2, 0.25) is 0 Å². The molecule has 2 unspecified atom stereocenters. The van der Waals surface area contributed by atoms with Gasteiger partial charge in [-0.15, -0.1) is 0 Å². The first-order chi connectivity index (χ1) is 9.85. The van der Waals surface area contributed by atoms with Gasteiger partial charge in [0, 0.05) is 12.1 Å². The SMILES string of the molecule is CC(C)(C)NCc1ccc(OC2CCCCC2O)c(F)c1. The summed E-state index contributed by atoms with van der Waals surface area (Å²) < 4.78 is 19.8. The zero-order valence-corrected chi connectivity index (χ0v) is 13.2. The van der Waals surface area contributed by atoms with E-state index in [9.17, 15) is 9.50 Å². The third kappa shape index (κ3) is 4.97. The van der Waals surface area contributed by atoms with Gasteiger partial charge in [-0.3, -0.25) is 0 Å². The van der Waals surface area contributed by atoms with Gasteiger partial charge in [0.25, 0.3) is 0 Å². The molecule has 0 aromatic heterocycles. The lowest BCUT2D eigenvalue weighted by atomic mass is 9.95. The Balaban J connectivity index is 1.98. The number of benzene rings is 1. The van der Waals surface area contributed by atoms with Gasteiger partial charge in [-0.05, 0) is 57.7 Å². The fourth-order valence-electron chi connectivity index (χ4n) is 2.49. The fourth-order valence-corrected chi connectivity index (χ4v) is 2.49. The van der Waals surface area contributed by atoms with Crippen molar-refractivity contribution < 1.29 is 14.2 Å². The van der Waals surface area contributed by atoms with Crippen LogP contribution in [0.15, 0.2) is 18.2 Å². The molecule has 1 aromatic rings. The molecule has 1 aliphatic carbocycles. The number of aliphatic hydroxyl groups is 1. The van der Waals surface area contributed by atoms with Gasteiger partial charge in [-0.2, -0.15) is 0 Å². The molecule has 21 heavy (non-hydrogen) atoms. The third-order valence-electron chi connectivity index (χ3n) is 3.77. The lowest BCUT2D eigenvalue weighted by Crippen LogP contribution is -2.35. The van der Waals surface area contributed by atoms with Gasteiger partial charge >= 0.3 is 0 Å². The number of nitrogens with one attached hydrogen (secondary N) is 1. The van der Waals surface area contributed by atoms with Gasteiger partial charge in [0.1, 0.15) is 6.10 Å². The van der Waals surface area contributed by atoms with Crippen LogP contribution in [0.25, 0.3) is 0 Å². The number of rotatable bonds is 4. The molecular weight excluding hydrogens is 269 g/mol. The molecule has 2 atom stereocenters. The first-order valence-electron chi connectivity index (χ1n) is 7.73. The monoisotopic (exact) mass is 295 g/mol. The topological polar surface area (TPSA) is 41.5 Å². The van der Waals surface area contributed by atoms with E-state index in [0.717, 1.165) is 31.2 Å². The van der Waals surface area contributed by atoms with Gasteiger partial charge in [-0.25, -0.2) is 4.39 Å². The predicted molar refractivity (Wildman–Crippen MR) is 81.9 cm³/mol. The van der Waals surface area contributed by atoms with Crippen molar-refractivity contribution in [3.05, 3.63) is 29.6 Å². The van der Waals surface area contributed by atoms with Crippen LogP contribution in [0.1, 0.15) is 52.0 Å². The van der Waals surface area contributed by atoms with Gasteiger partial charge in [-0.1, -0.05) is 12.5 Å². The smallest absolute Gasteiger partial charge is 0.165 e. The zero-order valence-electron chi connectivity index (χ0n) is 13.2. The van der Waals surface area contributed by atoms with E-state index in [0.29, 0.717) is 6.54 Å². The molecule has 118 valence electrons. The summed E-state index contributed by atoms with van der Waals surface area (Å²) in [6.07, 6.45) is 2.79. The van der Waals surface area contributed by atoms with Crippen LogP contribution in [-0.2, 0) is 6.54 Å². The molecule has 0 saturated heterocycles. The minimum Gasteiger partial charge on any atom is -0.485 e. The van der Waals surface area contributed by atoms with E-state index < -0.39 is 6.10 Å². The van der Waals surface area contributed by atoms with Crippen molar-refractivity contribution in [1.82, 2.24) is 5.32 Å². The highest BCUT2D eigenvalue weighted by molar-refractivity contribution is 5.29. The largest absolute Gasteiger partial charge is 0.485 e. The Morgan fingerprint density at radius 2 is 2.00 bits per heavy atom. The summed E-state index contributed by atoms with van der Waals surface area (Å²) in [4.78, 5) is 0. The van der Waals surface area contributed by atoms with Crippen molar-refractivity contribution >= 4 is 0 Å². The van der Waals surface area contributed by atoms with Crippen LogP contribution >= 0.6 is 0 Å². The highest BCUT2D eigenvalue weighted by Crippen LogP contribution is 2.26. The summed E-state index contributed by atoms with van der Waals surface area (Å²) in [5.41, 5.74) is 0.886. The van der Waals surface area contributed by atoms with Crippen LogP contribution in [0.5, 0.6) is 5.75 Å². The Labute approximate surface area is 126 Å². The lowest BCUT2D eigenvalue weighted by Gasteiger charge is -2.28. The van der Waals surface area contributed by atoms with Crippen molar-refractivity contribution in [2.75, 3.05) is 0 Å². The molecule has 0 aliphatic heterocycles. The molecule has 0 bridgehead atoms. The number of hydrogen-bond acceptors (Lipinski definition) is 3. The van der Waals surface area contributed by atoms with E-state index in [4.69, 9.17) is 4.74 Å². The van der Waals surface area contributed by atoms with E-state index in [1.54, 1.807) is 6.07 Å². The summed E-state index contributed by atoms with van der Waals surface area (Å²) in [6, 6.07) is 5.03. The minimum absolute atomic E-state index is 0.00213.